The van der Waals surface area contributed by atoms with Crippen LogP contribution in [0.4, 0.5) is 0 Å². The molecule has 0 saturated carbocycles. The molecule has 0 heterocycles. The maximum Gasteiger partial charge on any atom is 0.123 e. The molecule has 0 atom stereocenters. The predicted octanol–water partition coefficient (Wildman–Crippen LogP) is 2.39. The molecule has 1 aromatic rings. The van der Waals surface area contributed by atoms with Gasteiger partial charge in [-0.2, -0.15) is 0 Å². The van der Waals surface area contributed by atoms with Gasteiger partial charge >= 0.3 is 0 Å². The summed E-state index contributed by atoms with van der Waals surface area (Å²) in [5.74, 6) is 0.930. The molecule has 1 N–H and O–H groups in total. The van der Waals surface area contributed by atoms with E-state index >= 15 is 0 Å². The minimum atomic E-state index is 0. The fourth-order valence-corrected chi connectivity index (χ4v) is 1.16. The molecule has 0 amide bonds. The molecule has 2 nitrogen and oxygen atoms in total. The lowest BCUT2D eigenvalue weighted by Gasteiger charge is -2.07. The molecule has 0 radical (unpaired) electrons. The molecule has 0 aliphatic carbocycles. The molecule has 0 unspecified atom stereocenters. The highest BCUT2D eigenvalue weighted by Gasteiger charge is 1.98. The van der Waals surface area contributed by atoms with Crippen LogP contribution >= 0.6 is 12.4 Å². The molecule has 1 aromatic carbocycles. The van der Waals surface area contributed by atoms with Gasteiger partial charge in [0.15, 0.2) is 0 Å². The van der Waals surface area contributed by atoms with Crippen molar-refractivity contribution in [2.24, 2.45) is 0 Å². The molecule has 0 aliphatic rings. The fourth-order valence-electron chi connectivity index (χ4n) is 1.16. The van der Waals surface area contributed by atoms with Gasteiger partial charge in [0.05, 0.1) is 7.11 Å². The lowest BCUT2D eigenvalue weighted by molar-refractivity contribution is 0.408. The minimum Gasteiger partial charge on any atom is -0.496 e. The smallest absolute Gasteiger partial charge is 0.123 e. The highest BCUT2D eigenvalue weighted by molar-refractivity contribution is 5.85. The Balaban J connectivity index is 0.00000169. The van der Waals surface area contributed by atoms with Crippen molar-refractivity contribution in [1.82, 2.24) is 5.32 Å². The van der Waals surface area contributed by atoms with Gasteiger partial charge in [-0.25, -0.2) is 0 Å². The Hall–Kier alpha value is -0.990. The van der Waals surface area contributed by atoms with Crippen molar-refractivity contribution in [2.75, 3.05) is 13.7 Å². The van der Waals surface area contributed by atoms with E-state index in [1.54, 1.807) is 7.11 Å². The second-order valence-corrected chi connectivity index (χ2v) is 2.73. The van der Waals surface area contributed by atoms with Crippen molar-refractivity contribution in [3.63, 3.8) is 0 Å². The predicted molar refractivity (Wildman–Crippen MR) is 62.1 cm³/mol. The number of rotatable bonds is 5. The average Bonchev–Trinajstić information content (AvgIpc) is 2.19. The number of ether oxygens (including phenoxy) is 1. The fraction of sp³-hybridized carbons (Fsp3) is 0.273. The second kappa shape index (κ2) is 7.42. The van der Waals surface area contributed by atoms with E-state index < -0.39 is 0 Å². The molecule has 0 fully saturated rings. The number of hydrogen-bond donors (Lipinski definition) is 1. The first-order valence-corrected chi connectivity index (χ1v) is 4.32. The number of methoxy groups -OCH3 is 1. The summed E-state index contributed by atoms with van der Waals surface area (Å²) in [6.45, 7) is 5.27. The summed E-state index contributed by atoms with van der Waals surface area (Å²) in [4.78, 5) is 0. The molecule has 3 heteroatoms. The van der Waals surface area contributed by atoms with Crippen molar-refractivity contribution in [2.45, 2.75) is 6.54 Å². The van der Waals surface area contributed by atoms with E-state index in [2.05, 4.69) is 18.0 Å². The number of para-hydroxylation sites is 1. The standard InChI is InChI=1S/C11H15NO.ClH/c1-3-8-12-9-10-6-4-5-7-11(10)13-2;/h3-7,12H,1,8-9H2,2H3;1H. The molecular formula is C11H16ClNO. The zero-order chi connectivity index (χ0) is 9.52. The van der Waals surface area contributed by atoms with Gasteiger partial charge in [-0.15, -0.1) is 19.0 Å². The Bertz CT molecular complexity index is 276. The second-order valence-electron chi connectivity index (χ2n) is 2.73. The third-order valence-electron chi connectivity index (χ3n) is 1.80. The summed E-state index contributed by atoms with van der Waals surface area (Å²) >= 11 is 0. The Morgan fingerprint density at radius 1 is 1.43 bits per heavy atom. The third kappa shape index (κ3) is 3.81. The number of hydrogen-bond acceptors (Lipinski definition) is 2. The minimum absolute atomic E-state index is 0. The summed E-state index contributed by atoms with van der Waals surface area (Å²) in [6, 6.07) is 7.99. The molecule has 0 aromatic heterocycles. The maximum absolute atomic E-state index is 5.21. The molecule has 0 bridgehead atoms. The van der Waals surface area contributed by atoms with Crippen molar-refractivity contribution < 1.29 is 4.74 Å². The quantitative estimate of drug-likeness (QED) is 0.599. The van der Waals surface area contributed by atoms with Crippen molar-refractivity contribution >= 4 is 12.4 Å². The van der Waals surface area contributed by atoms with Crippen LogP contribution in [0.15, 0.2) is 36.9 Å². The van der Waals surface area contributed by atoms with Gasteiger partial charge in [-0.3, -0.25) is 0 Å². The van der Waals surface area contributed by atoms with Crippen LogP contribution in [-0.4, -0.2) is 13.7 Å². The van der Waals surface area contributed by atoms with Gasteiger partial charge in [0.2, 0.25) is 0 Å². The highest BCUT2D eigenvalue weighted by atomic mass is 35.5. The largest absolute Gasteiger partial charge is 0.496 e. The van der Waals surface area contributed by atoms with Crippen LogP contribution in [0.2, 0.25) is 0 Å². The summed E-state index contributed by atoms with van der Waals surface area (Å²) in [6.07, 6.45) is 1.84. The van der Waals surface area contributed by atoms with Crippen LogP contribution < -0.4 is 10.1 Å². The molecule has 78 valence electrons. The van der Waals surface area contributed by atoms with Gasteiger partial charge in [0.25, 0.3) is 0 Å². The topological polar surface area (TPSA) is 21.3 Å². The summed E-state index contributed by atoms with van der Waals surface area (Å²) in [5.41, 5.74) is 1.17. The van der Waals surface area contributed by atoms with Gasteiger partial charge in [-0.05, 0) is 6.07 Å². The lowest BCUT2D eigenvalue weighted by atomic mass is 10.2. The monoisotopic (exact) mass is 213 g/mol. The zero-order valence-electron chi connectivity index (χ0n) is 8.32. The Morgan fingerprint density at radius 3 is 2.79 bits per heavy atom. The Labute approximate surface area is 91.4 Å². The van der Waals surface area contributed by atoms with E-state index in [1.165, 1.54) is 5.56 Å². The first-order valence-electron chi connectivity index (χ1n) is 4.32. The maximum atomic E-state index is 5.21. The van der Waals surface area contributed by atoms with Gasteiger partial charge in [-0.1, -0.05) is 24.3 Å². The third-order valence-corrected chi connectivity index (χ3v) is 1.80. The van der Waals surface area contributed by atoms with Crippen LogP contribution in [0.3, 0.4) is 0 Å². The van der Waals surface area contributed by atoms with E-state index in [4.69, 9.17) is 4.74 Å². The average molecular weight is 214 g/mol. The molecule has 0 saturated heterocycles. The zero-order valence-corrected chi connectivity index (χ0v) is 9.14. The first kappa shape index (κ1) is 13.0. The SMILES string of the molecule is C=CCNCc1ccccc1OC.Cl. The van der Waals surface area contributed by atoms with E-state index in [0.29, 0.717) is 0 Å². The van der Waals surface area contributed by atoms with Crippen molar-refractivity contribution in [1.29, 1.82) is 0 Å². The first-order chi connectivity index (χ1) is 6.38. The van der Waals surface area contributed by atoms with Gasteiger partial charge in [0.1, 0.15) is 5.75 Å². The Kier molecular flexibility index (Phi) is 6.89. The van der Waals surface area contributed by atoms with E-state index in [9.17, 15) is 0 Å². The Morgan fingerprint density at radius 2 is 2.14 bits per heavy atom. The molecular weight excluding hydrogens is 198 g/mol. The highest BCUT2D eigenvalue weighted by Crippen LogP contribution is 2.16. The molecule has 1 rings (SSSR count). The van der Waals surface area contributed by atoms with E-state index in [1.807, 2.05) is 24.3 Å². The summed E-state index contributed by atoms with van der Waals surface area (Å²) in [5, 5.41) is 3.23. The van der Waals surface area contributed by atoms with Crippen LogP contribution in [0.5, 0.6) is 5.75 Å². The van der Waals surface area contributed by atoms with Gasteiger partial charge < -0.3 is 10.1 Å². The van der Waals surface area contributed by atoms with Crippen molar-refractivity contribution in [3.8, 4) is 5.75 Å². The molecule has 0 spiro atoms. The lowest BCUT2D eigenvalue weighted by Crippen LogP contribution is -2.13. The molecule has 14 heavy (non-hydrogen) atoms. The van der Waals surface area contributed by atoms with Gasteiger partial charge in [0, 0.05) is 18.7 Å². The van der Waals surface area contributed by atoms with Crippen LogP contribution in [-0.2, 0) is 6.54 Å². The van der Waals surface area contributed by atoms with E-state index in [0.717, 1.165) is 18.8 Å². The van der Waals surface area contributed by atoms with Crippen LogP contribution in [0.25, 0.3) is 0 Å². The van der Waals surface area contributed by atoms with Crippen molar-refractivity contribution in [3.05, 3.63) is 42.5 Å². The number of benzene rings is 1. The molecule has 0 aliphatic heterocycles. The normalized spacial score (nSPS) is 8.93. The van der Waals surface area contributed by atoms with Crippen LogP contribution in [0, 0.1) is 0 Å². The number of halogens is 1. The van der Waals surface area contributed by atoms with E-state index in [-0.39, 0.29) is 12.4 Å². The summed E-state index contributed by atoms with van der Waals surface area (Å²) < 4.78 is 5.21. The van der Waals surface area contributed by atoms with Crippen LogP contribution in [0.1, 0.15) is 5.56 Å². The summed E-state index contributed by atoms with van der Waals surface area (Å²) in [7, 11) is 1.69. The number of nitrogens with one attached hydrogen (secondary N) is 1.